The van der Waals surface area contributed by atoms with Gasteiger partial charge in [-0.05, 0) is 55.0 Å². The van der Waals surface area contributed by atoms with Crippen molar-refractivity contribution >= 4 is 38.9 Å². The fourth-order valence-electron chi connectivity index (χ4n) is 1.87. The number of carbonyl (C=O) groups is 1. The van der Waals surface area contributed by atoms with Gasteiger partial charge in [-0.1, -0.05) is 11.6 Å². The molecule has 0 atom stereocenters. The Bertz CT molecular complexity index is 802. The van der Waals surface area contributed by atoms with E-state index in [1.807, 2.05) is 0 Å². The molecule has 22 heavy (non-hydrogen) atoms. The highest BCUT2D eigenvalue weighted by Crippen LogP contribution is 2.23. The van der Waals surface area contributed by atoms with E-state index in [0.717, 1.165) is 5.56 Å². The summed E-state index contributed by atoms with van der Waals surface area (Å²) in [6, 6.07) is 10.8. The van der Waals surface area contributed by atoms with Crippen molar-refractivity contribution < 1.29 is 13.2 Å². The van der Waals surface area contributed by atoms with Crippen LogP contribution < -0.4 is 10.0 Å². The number of nitrogens with one attached hydrogen (secondary N) is 2. The summed E-state index contributed by atoms with van der Waals surface area (Å²) >= 11 is 5.85. The first-order valence-corrected chi connectivity index (χ1v) is 8.31. The zero-order valence-corrected chi connectivity index (χ0v) is 13.6. The lowest BCUT2D eigenvalue weighted by Gasteiger charge is -2.11. The lowest BCUT2D eigenvalue weighted by atomic mass is 10.2. The third-order valence-electron chi connectivity index (χ3n) is 2.92. The summed E-state index contributed by atoms with van der Waals surface area (Å²) in [7, 11) is -3.70. The van der Waals surface area contributed by atoms with Crippen molar-refractivity contribution in [2.24, 2.45) is 0 Å². The van der Waals surface area contributed by atoms with E-state index in [9.17, 15) is 13.2 Å². The van der Waals surface area contributed by atoms with E-state index in [4.69, 9.17) is 11.6 Å². The molecular weight excluding hydrogens is 324 g/mol. The summed E-state index contributed by atoms with van der Waals surface area (Å²) < 4.78 is 27.2. The molecule has 0 aliphatic carbocycles. The van der Waals surface area contributed by atoms with Crippen LogP contribution in [0.1, 0.15) is 12.5 Å². The van der Waals surface area contributed by atoms with Gasteiger partial charge in [0.15, 0.2) is 0 Å². The first kappa shape index (κ1) is 16.3. The Morgan fingerprint density at radius 3 is 2.27 bits per heavy atom. The van der Waals surface area contributed by atoms with E-state index < -0.39 is 10.0 Å². The molecule has 0 aromatic heterocycles. The average Bonchev–Trinajstić information content (AvgIpc) is 2.42. The highest BCUT2D eigenvalue weighted by Gasteiger charge is 2.15. The molecule has 0 saturated heterocycles. The Labute approximate surface area is 134 Å². The molecule has 0 heterocycles. The summed E-state index contributed by atoms with van der Waals surface area (Å²) in [4.78, 5) is 11.1. The Morgan fingerprint density at radius 2 is 1.73 bits per heavy atom. The van der Waals surface area contributed by atoms with Gasteiger partial charge in [0, 0.05) is 17.6 Å². The highest BCUT2D eigenvalue weighted by atomic mass is 35.5. The topological polar surface area (TPSA) is 75.3 Å². The van der Waals surface area contributed by atoms with Gasteiger partial charge in [-0.25, -0.2) is 8.42 Å². The van der Waals surface area contributed by atoms with E-state index in [1.165, 1.54) is 31.2 Å². The second-order valence-corrected chi connectivity index (χ2v) is 6.89. The maximum absolute atomic E-state index is 12.3. The molecule has 0 saturated carbocycles. The number of hydrogen-bond donors (Lipinski definition) is 2. The normalized spacial score (nSPS) is 11.0. The maximum Gasteiger partial charge on any atom is 0.261 e. The van der Waals surface area contributed by atoms with Crippen LogP contribution in [0.5, 0.6) is 0 Å². The average molecular weight is 339 g/mol. The van der Waals surface area contributed by atoms with Crippen molar-refractivity contribution in [1.29, 1.82) is 0 Å². The molecule has 0 fully saturated rings. The van der Waals surface area contributed by atoms with E-state index in [1.54, 1.807) is 25.1 Å². The predicted octanol–water partition coefficient (Wildman–Crippen LogP) is 3.41. The fourth-order valence-corrected chi connectivity index (χ4v) is 3.22. The van der Waals surface area contributed by atoms with Gasteiger partial charge in [0.2, 0.25) is 5.91 Å². The molecular formula is C15H15ClN2O3S. The van der Waals surface area contributed by atoms with Gasteiger partial charge in [0.05, 0.1) is 10.6 Å². The number of aryl methyl sites for hydroxylation is 1. The summed E-state index contributed by atoms with van der Waals surface area (Å²) in [5.41, 5.74) is 1.73. The van der Waals surface area contributed by atoms with Crippen molar-refractivity contribution in [2.45, 2.75) is 18.7 Å². The molecule has 1 amide bonds. The monoisotopic (exact) mass is 338 g/mol. The number of halogens is 1. The van der Waals surface area contributed by atoms with E-state index >= 15 is 0 Å². The van der Waals surface area contributed by atoms with Gasteiger partial charge < -0.3 is 5.32 Å². The minimum atomic E-state index is -3.70. The van der Waals surface area contributed by atoms with E-state index in [0.29, 0.717) is 16.4 Å². The summed E-state index contributed by atoms with van der Waals surface area (Å²) in [5, 5.41) is 3.12. The Morgan fingerprint density at radius 1 is 1.09 bits per heavy atom. The first-order chi connectivity index (χ1) is 10.3. The van der Waals surface area contributed by atoms with Crippen LogP contribution in [-0.4, -0.2) is 14.3 Å². The Balaban J connectivity index is 2.24. The molecule has 0 spiro atoms. The number of rotatable bonds is 4. The third-order valence-corrected chi connectivity index (χ3v) is 4.53. The second kappa shape index (κ2) is 6.37. The standard InChI is InChI=1S/C15H15ClN2O3S/c1-10-9-12(16)3-8-15(10)18-22(20,21)14-6-4-13(5-7-14)17-11(2)19/h3-9,18H,1-2H3,(H,17,19). The van der Waals surface area contributed by atoms with Gasteiger partial charge >= 0.3 is 0 Å². The van der Waals surface area contributed by atoms with Crippen LogP contribution in [-0.2, 0) is 14.8 Å². The summed E-state index contributed by atoms with van der Waals surface area (Å²) in [6.45, 7) is 3.15. The quantitative estimate of drug-likeness (QED) is 0.897. The van der Waals surface area contributed by atoms with Crippen LogP contribution in [0.2, 0.25) is 5.02 Å². The van der Waals surface area contributed by atoms with Crippen molar-refractivity contribution in [3.63, 3.8) is 0 Å². The molecule has 0 bridgehead atoms. The minimum absolute atomic E-state index is 0.107. The minimum Gasteiger partial charge on any atom is -0.326 e. The molecule has 0 unspecified atom stereocenters. The van der Waals surface area contributed by atoms with Gasteiger partial charge in [-0.2, -0.15) is 0 Å². The summed E-state index contributed by atoms with van der Waals surface area (Å²) in [5.74, 6) is -0.217. The van der Waals surface area contributed by atoms with Crippen LogP contribution in [0.4, 0.5) is 11.4 Å². The molecule has 2 rings (SSSR count). The van der Waals surface area contributed by atoms with Crippen LogP contribution in [0.3, 0.4) is 0 Å². The van der Waals surface area contributed by atoms with Gasteiger partial charge in [0.1, 0.15) is 0 Å². The number of benzene rings is 2. The number of anilines is 2. The van der Waals surface area contributed by atoms with Crippen LogP contribution >= 0.6 is 11.6 Å². The van der Waals surface area contributed by atoms with Crippen LogP contribution in [0.15, 0.2) is 47.4 Å². The number of carbonyl (C=O) groups excluding carboxylic acids is 1. The molecule has 5 nitrogen and oxygen atoms in total. The lowest BCUT2D eigenvalue weighted by molar-refractivity contribution is -0.114. The maximum atomic E-state index is 12.3. The molecule has 0 radical (unpaired) electrons. The Hall–Kier alpha value is -2.05. The van der Waals surface area contributed by atoms with Crippen LogP contribution in [0.25, 0.3) is 0 Å². The van der Waals surface area contributed by atoms with Crippen molar-refractivity contribution in [1.82, 2.24) is 0 Å². The lowest BCUT2D eigenvalue weighted by Crippen LogP contribution is -2.14. The second-order valence-electron chi connectivity index (χ2n) is 4.77. The molecule has 0 aliphatic rings. The fraction of sp³-hybridized carbons (Fsp3) is 0.133. The molecule has 2 N–H and O–H groups in total. The molecule has 2 aromatic rings. The molecule has 116 valence electrons. The molecule has 2 aromatic carbocycles. The number of amides is 1. The Kier molecular flexibility index (Phi) is 4.73. The molecule has 7 heteroatoms. The summed E-state index contributed by atoms with van der Waals surface area (Å²) in [6.07, 6.45) is 0. The van der Waals surface area contributed by atoms with Gasteiger partial charge in [-0.15, -0.1) is 0 Å². The van der Waals surface area contributed by atoms with Gasteiger partial charge in [0.25, 0.3) is 10.0 Å². The third kappa shape index (κ3) is 3.99. The SMILES string of the molecule is CC(=O)Nc1ccc(S(=O)(=O)Nc2ccc(Cl)cc2C)cc1. The largest absolute Gasteiger partial charge is 0.326 e. The van der Waals surface area contributed by atoms with Crippen molar-refractivity contribution in [2.75, 3.05) is 10.0 Å². The zero-order valence-electron chi connectivity index (χ0n) is 12.1. The zero-order chi connectivity index (χ0) is 16.3. The highest BCUT2D eigenvalue weighted by molar-refractivity contribution is 7.92. The molecule has 0 aliphatic heterocycles. The van der Waals surface area contributed by atoms with E-state index in [2.05, 4.69) is 10.0 Å². The van der Waals surface area contributed by atoms with Crippen molar-refractivity contribution in [3.8, 4) is 0 Å². The van der Waals surface area contributed by atoms with Crippen LogP contribution in [0, 0.1) is 6.92 Å². The number of sulfonamides is 1. The van der Waals surface area contributed by atoms with Crippen molar-refractivity contribution in [3.05, 3.63) is 53.1 Å². The predicted molar refractivity (Wildman–Crippen MR) is 87.7 cm³/mol. The first-order valence-electron chi connectivity index (χ1n) is 6.44. The van der Waals surface area contributed by atoms with E-state index in [-0.39, 0.29) is 10.8 Å². The number of hydrogen-bond acceptors (Lipinski definition) is 3. The van der Waals surface area contributed by atoms with Gasteiger partial charge in [-0.3, -0.25) is 9.52 Å². The smallest absolute Gasteiger partial charge is 0.261 e.